The van der Waals surface area contributed by atoms with Crippen LogP contribution < -0.4 is 4.74 Å². The van der Waals surface area contributed by atoms with Gasteiger partial charge < -0.3 is 9.15 Å². The Hall–Kier alpha value is -2.61. The number of nitrogens with zero attached hydrogens (tertiary/aromatic N) is 5. The van der Waals surface area contributed by atoms with Crippen LogP contribution in [0.4, 0.5) is 0 Å². The molecule has 0 fully saturated rings. The first-order valence-corrected chi connectivity index (χ1v) is 8.38. The summed E-state index contributed by atoms with van der Waals surface area (Å²) in [5, 5.41) is 18.4. The van der Waals surface area contributed by atoms with Crippen molar-refractivity contribution in [1.29, 1.82) is 0 Å². The SMILES string of the molecule is COc1ccc2c(C)cc3nnc(SCc4nnc(C)o4)n3c2c1. The summed E-state index contributed by atoms with van der Waals surface area (Å²) in [4.78, 5) is 0. The summed E-state index contributed by atoms with van der Waals surface area (Å²) in [6.45, 7) is 3.84. The Kier molecular flexibility index (Phi) is 3.61. The Balaban J connectivity index is 1.82. The molecule has 0 saturated carbocycles. The number of hydrogen-bond acceptors (Lipinski definition) is 7. The number of fused-ring (bicyclic) bond motifs is 3. The maximum atomic E-state index is 5.42. The van der Waals surface area contributed by atoms with Gasteiger partial charge in [0.25, 0.3) is 0 Å². The van der Waals surface area contributed by atoms with Crippen LogP contribution in [0.25, 0.3) is 16.6 Å². The van der Waals surface area contributed by atoms with Crippen molar-refractivity contribution in [3.05, 3.63) is 41.6 Å². The molecule has 3 heterocycles. The molecule has 4 aromatic rings. The zero-order valence-corrected chi connectivity index (χ0v) is 14.3. The van der Waals surface area contributed by atoms with Crippen LogP contribution in [0, 0.1) is 13.8 Å². The van der Waals surface area contributed by atoms with E-state index in [1.807, 2.05) is 22.6 Å². The van der Waals surface area contributed by atoms with Crippen LogP contribution in [-0.4, -0.2) is 31.9 Å². The van der Waals surface area contributed by atoms with Crippen LogP contribution in [0.5, 0.6) is 5.75 Å². The Bertz CT molecular complexity index is 1040. The fourth-order valence-corrected chi connectivity index (χ4v) is 3.43. The Labute approximate surface area is 142 Å². The first-order valence-electron chi connectivity index (χ1n) is 7.40. The van der Waals surface area contributed by atoms with Gasteiger partial charge in [-0.3, -0.25) is 4.40 Å². The van der Waals surface area contributed by atoms with Crippen molar-refractivity contribution in [2.75, 3.05) is 7.11 Å². The molecule has 0 radical (unpaired) electrons. The van der Waals surface area contributed by atoms with E-state index in [1.54, 1.807) is 14.0 Å². The number of rotatable bonds is 4. The fourth-order valence-electron chi connectivity index (χ4n) is 2.65. The molecule has 122 valence electrons. The Morgan fingerprint density at radius 1 is 1.12 bits per heavy atom. The molecule has 0 aliphatic carbocycles. The fraction of sp³-hybridized carbons (Fsp3) is 0.250. The third kappa shape index (κ3) is 2.48. The van der Waals surface area contributed by atoms with Crippen LogP contribution in [0.1, 0.15) is 17.3 Å². The van der Waals surface area contributed by atoms with Crippen molar-refractivity contribution in [2.45, 2.75) is 24.8 Å². The summed E-state index contributed by atoms with van der Waals surface area (Å²) >= 11 is 1.51. The van der Waals surface area contributed by atoms with Crippen LogP contribution in [-0.2, 0) is 5.75 Å². The van der Waals surface area contributed by atoms with Gasteiger partial charge in [0.05, 0.1) is 18.4 Å². The molecular formula is C16H15N5O2S. The molecule has 0 aliphatic heterocycles. The van der Waals surface area contributed by atoms with Crippen LogP contribution in [0.2, 0.25) is 0 Å². The third-order valence-electron chi connectivity index (χ3n) is 3.77. The Morgan fingerprint density at radius 2 is 2.00 bits per heavy atom. The van der Waals surface area contributed by atoms with Gasteiger partial charge in [-0.1, -0.05) is 11.8 Å². The first-order chi connectivity index (χ1) is 11.7. The molecule has 7 nitrogen and oxygen atoms in total. The van der Waals surface area contributed by atoms with Crippen LogP contribution in [0.3, 0.4) is 0 Å². The molecule has 0 atom stereocenters. The van der Waals surface area contributed by atoms with Crippen molar-refractivity contribution in [3.63, 3.8) is 0 Å². The van der Waals surface area contributed by atoms with Gasteiger partial charge in [0.2, 0.25) is 11.8 Å². The smallest absolute Gasteiger partial charge is 0.226 e. The lowest BCUT2D eigenvalue weighted by Crippen LogP contribution is -1.95. The summed E-state index contributed by atoms with van der Waals surface area (Å²) in [5.74, 6) is 2.47. The van der Waals surface area contributed by atoms with Gasteiger partial charge in [-0.05, 0) is 30.7 Å². The minimum Gasteiger partial charge on any atom is -0.497 e. The van der Waals surface area contributed by atoms with E-state index in [0.717, 1.165) is 33.0 Å². The van der Waals surface area contributed by atoms with Gasteiger partial charge in [-0.15, -0.1) is 20.4 Å². The minimum absolute atomic E-state index is 0.543. The van der Waals surface area contributed by atoms with E-state index in [4.69, 9.17) is 9.15 Å². The lowest BCUT2D eigenvalue weighted by atomic mass is 10.1. The number of pyridine rings is 1. The van der Waals surface area contributed by atoms with Gasteiger partial charge in [0.1, 0.15) is 5.75 Å². The van der Waals surface area contributed by atoms with Crippen molar-refractivity contribution < 1.29 is 9.15 Å². The number of aryl methyl sites for hydroxylation is 2. The van der Waals surface area contributed by atoms with Crippen molar-refractivity contribution >= 4 is 28.3 Å². The highest BCUT2D eigenvalue weighted by Gasteiger charge is 2.14. The average molecular weight is 341 g/mol. The van der Waals surface area contributed by atoms with E-state index in [0.29, 0.717) is 17.5 Å². The number of aromatic nitrogens is 5. The van der Waals surface area contributed by atoms with Crippen molar-refractivity contribution in [2.24, 2.45) is 0 Å². The highest BCUT2D eigenvalue weighted by Crippen LogP contribution is 2.29. The molecule has 3 aromatic heterocycles. The first kappa shape index (κ1) is 14.9. The molecule has 24 heavy (non-hydrogen) atoms. The molecule has 0 saturated heterocycles. The average Bonchev–Trinajstić information content (AvgIpc) is 3.18. The van der Waals surface area contributed by atoms with E-state index in [1.165, 1.54) is 11.8 Å². The highest BCUT2D eigenvalue weighted by molar-refractivity contribution is 7.98. The molecule has 0 N–H and O–H groups in total. The van der Waals surface area contributed by atoms with Gasteiger partial charge in [0.15, 0.2) is 10.8 Å². The monoisotopic (exact) mass is 341 g/mol. The zero-order chi connectivity index (χ0) is 16.7. The van der Waals surface area contributed by atoms with E-state index in [9.17, 15) is 0 Å². The molecule has 0 unspecified atom stereocenters. The maximum Gasteiger partial charge on any atom is 0.226 e. The second-order valence-corrected chi connectivity index (χ2v) is 6.33. The lowest BCUT2D eigenvalue weighted by molar-refractivity contribution is 0.415. The van der Waals surface area contributed by atoms with Crippen molar-refractivity contribution in [3.8, 4) is 5.75 Å². The predicted octanol–water partition coefficient (Wildman–Crippen LogP) is 3.18. The summed E-state index contributed by atoms with van der Waals surface area (Å²) in [5.41, 5.74) is 2.97. The maximum absolute atomic E-state index is 5.42. The summed E-state index contributed by atoms with van der Waals surface area (Å²) in [6, 6.07) is 8.04. The van der Waals surface area contributed by atoms with E-state index in [-0.39, 0.29) is 0 Å². The molecule has 1 aromatic carbocycles. The van der Waals surface area contributed by atoms with Crippen molar-refractivity contribution in [1.82, 2.24) is 24.8 Å². The van der Waals surface area contributed by atoms with Crippen LogP contribution >= 0.6 is 11.8 Å². The second-order valence-electron chi connectivity index (χ2n) is 5.39. The summed E-state index contributed by atoms with van der Waals surface area (Å²) < 4.78 is 12.8. The van der Waals surface area contributed by atoms with Crippen LogP contribution in [0.15, 0.2) is 33.8 Å². The number of thioether (sulfide) groups is 1. The van der Waals surface area contributed by atoms with Gasteiger partial charge in [0, 0.05) is 18.4 Å². The zero-order valence-electron chi connectivity index (χ0n) is 13.5. The van der Waals surface area contributed by atoms with Gasteiger partial charge >= 0.3 is 0 Å². The van der Waals surface area contributed by atoms with E-state index < -0.39 is 0 Å². The molecule has 0 amide bonds. The molecule has 4 rings (SSSR count). The standard InChI is InChI=1S/C16H15N5O2S/c1-9-6-14-18-20-16(24-8-15-19-17-10(2)23-15)21(14)13-7-11(22-3)4-5-12(9)13/h4-7H,8H2,1-3H3. The minimum atomic E-state index is 0.543. The van der Waals surface area contributed by atoms with E-state index >= 15 is 0 Å². The molecule has 0 bridgehead atoms. The molecule has 0 aliphatic rings. The molecular weight excluding hydrogens is 326 g/mol. The Morgan fingerprint density at radius 3 is 2.75 bits per heavy atom. The third-order valence-corrected chi connectivity index (χ3v) is 4.68. The molecule has 0 spiro atoms. The number of benzene rings is 1. The summed E-state index contributed by atoms with van der Waals surface area (Å²) in [7, 11) is 1.66. The quantitative estimate of drug-likeness (QED) is 0.527. The largest absolute Gasteiger partial charge is 0.497 e. The van der Waals surface area contributed by atoms with E-state index in [2.05, 4.69) is 33.4 Å². The second kappa shape index (κ2) is 5.79. The topological polar surface area (TPSA) is 78.3 Å². The predicted molar refractivity (Wildman–Crippen MR) is 90.4 cm³/mol. The number of ether oxygens (including phenoxy) is 1. The van der Waals surface area contributed by atoms with Gasteiger partial charge in [-0.25, -0.2) is 0 Å². The number of hydrogen-bond donors (Lipinski definition) is 0. The molecule has 8 heteroatoms. The highest BCUT2D eigenvalue weighted by atomic mass is 32.2. The summed E-state index contributed by atoms with van der Waals surface area (Å²) in [6.07, 6.45) is 0. The lowest BCUT2D eigenvalue weighted by Gasteiger charge is -2.09. The normalized spacial score (nSPS) is 11.5. The van der Waals surface area contributed by atoms with Gasteiger partial charge in [-0.2, -0.15) is 0 Å². The number of methoxy groups -OCH3 is 1.